The Bertz CT molecular complexity index is 1620. The molecule has 3 aromatic carbocycles. The Morgan fingerprint density at radius 2 is 1.70 bits per heavy atom. The van der Waals surface area contributed by atoms with Crippen LogP contribution in [0.1, 0.15) is 23.4 Å². The lowest BCUT2D eigenvalue weighted by molar-refractivity contribution is 0.280. The summed E-state index contributed by atoms with van der Waals surface area (Å²) in [6.07, 6.45) is 2.30. The van der Waals surface area contributed by atoms with Gasteiger partial charge in [-0.3, -0.25) is 0 Å². The quantitative estimate of drug-likeness (QED) is 0.246. The van der Waals surface area contributed by atoms with E-state index < -0.39 is 0 Å². The van der Waals surface area contributed by atoms with Crippen LogP contribution >= 0.6 is 23.2 Å². The molecule has 0 aliphatic rings. The highest BCUT2D eigenvalue weighted by Gasteiger charge is 2.13. The summed E-state index contributed by atoms with van der Waals surface area (Å²) in [5.74, 6) is 7.04. The highest BCUT2D eigenvalue weighted by Crippen LogP contribution is 2.28. The Kier molecular flexibility index (Phi) is 7.67. The Morgan fingerprint density at radius 3 is 2.51 bits per heavy atom. The maximum absolute atomic E-state index is 9.29. The molecule has 0 fully saturated rings. The summed E-state index contributed by atoms with van der Waals surface area (Å²) in [6, 6.07) is 23.4. The number of benzene rings is 3. The van der Waals surface area contributed by atoms with Crippen LogP contribution < -0.4 is 5.32 Å². The van der Waals surface area contributed by atoms with E-state index in [2.05, 4.69) is 38.2 Å². The number of aliphatic hydroxyl groups is 1. The molecule has 5 aromatic rings. The minimum absolute atomic E-state index is 0.0802. The maximum atomic E-state index is 9.29. The van der Waals surface area contributed by atoms with Gasteiger partial charge in [-0.25, -0.2) is 15.0 Å². The monoisotopic (exact) mass is 527 g/mol. The largest absolute Gasteiger partial charge is 0.396 e. The molecule has 0 bridgehead atoms. The van der Waals surface area contributed by atoms with E-state index in [0.717, 1.165) is 16.7 Å². The van der Waals surface area contributed by atoms with Gasteiger partial charge in [-0.05, 0) is 47.7 Å². The number of imidazole rings is 1. The van der Waals surface area contributed by atoms with Gasteiger partial charge in [-0.15, -0.1) is 0 Å². The lowest BCUT2D eigenvalue weighted by Crippen LogP contribution is -2.06. The molecule has 0 atom stereocenters. The average molecular weight is 528 g/mol. The first-order valence-electron chi connectivity index (χ1n) is 11.8. The fourth-order valence-corrected chi connectivity index (χ4v) is 4.37. The van der Waals surface area contributed by atoms with Crippen molar-refractivity contribution in [3.05, 3.63) is 106 Å². The molecule has 0 unspecified atom stereocenters. The van der Waals surface area contributed by atoms with Crippen LogP contribution in [0.15, 0.2) is 79.1 Å². The van der Waals surface area contributed by atoms with Crippen LogP contribution in [0, 0.1) is 11.8 Å². The lowest BCUT2D eigenvalue weighted by Gasteiger charge is -2.10. The number of aryl methyl sites for hydroxylation is 1. The Hall–Kier alpha value is -3.89. The third kappa shape index (κ3) is 5.76. The first-order valence-corrected chi connectivity index (χ1v) is 12.6. The standard InChI is InChI=1S/C29H23Cl2N5O/c30-24-11-3-1-8-21(24)13-14-26-34-28(27-29(35-26)36(19-33-27)15-6-16-37)32-18-20-7-5-9-22(17-20)23-10-2-4-12-25(23)31/h1-5,7-12,17,19,37H,6,15-16,18H2,(H,32,34,35). The van der Waals surface area contributed by atoms with Crippen LogP contribution in [0.4, 0.5) is 5.82 Å². The highest BCUT2D eigenvalue weighted by molar-refractivity contribution is 6.33. The zero-order valence-corrected chi connectivity index (χ0v) is 21.3. The lowest BCUT2D eigenvalue weighted by atomic mass is 10.0. The molecule has 0 aliphatic carbocycles. The van der Waals surface area contributed by atoms with E-state index in [1.165, 1.54) is 0 Å². The third-order valence-electron chi connectivity index (χ3n) is 5.78. The van der Waals surface area contributed by atoms with Crippen molar-refractivity contribution >= 4 is 40.2 Å². The minimum Gasteiger partial charge on any atom is -0.396 e. The first kappa shape index (κ1) is 24.8. The SMILES string of the molecule is OCCCn1cnc2c(NCc3cccc(-c4ccccc4Cl)c3)nc(C#Cc3ccccc3Cl)nc21. The molecule has 2 N–H and O–H groups in total. The van der Waals surface area contributed by atoms with Gasteiger partial charge < -0.3 is 15.0 Å². The predicted octanol–water partition coefficient (Wildman–Crippen LogP) is 6.19. The van der Waals surface area contributed by atoms with Gasteiger partial charge >= 0.3 is 0 Å². The number of aromatic nitrogens is 4. The van der Waals surface area contributed by atoms with Crippen molar-refractivity contribution in [3.8, 4) is 23.0 Å². The van der Waals surface area contributed by atoms with Gasteiger partial charge in [0.2, 0.25) is 5.82 Å². The summed E-state index contributed by atoms with van der Waals surface area (Å²) < 4.78 is 1.90. The highest BCUT2D eigenvalue weighted by atomic mass is 35.5. The van der Waals surface area contributed by atoms with Gasteiger partial charge in [0, 0.05) is 35.8 Å². The molecule has 5 rings (SSSR count). The summed E-state index contributed by atoms with van der Waals surface area (Å²) in [4.78, 5) is 13.9. The van der Waals surface area contributed by atoms with Crippen molar-refractivity contribution in [3.63, 3.8) is 0 Å². The summed E-state index contributed by atoms with van der Waals surface area (Å²) in [5, 5.41) is 14.0. The average Bonchev–Trinajstić information content (AvgIpc) is 3.33. The number of nitrogens with one attached hydrogen (secondary N) is 1. The van der Waals surface area contributed by atoms with Gasteiger partial charge in [0.05, 0.1) is 11.3 Å². The molecule has 8 heteroatoms. The predicted molar refractivity (Wildman–Crippen MR) is 149 cm³/mol. The van der Waals surface area contributed by atoms with E-state index in [4.69, 9.17) is 23.2 Å². The summed E-state index contributed by atoms with van der Waals surface area (Å²) in [7, 11) is 0. The minimum atomic E-state index is 0.0802. The number of hydrogen-bond acceptors (Lipinski definition) is 5. The van der Waals surface area contributed by atoms with Crippen molar-refractivity contribution in [1.82, 2.24) is 19.5 Å². The molecular weight excluding hydrogens is 505 g/mol. The van der Waals surface area contributed by atoms with Crippen molar-refractivity contribution in [2.45, 2.75) is 19.5 Å². The Labute approximate surface area is 225 Å². The van der Waals surface area contributed by atoms with Crippen LogP contribution in [0.3, 0.4) is 0 Å². The van der Waals surface area contributed by atoms with Crippen LogP contribution in [0.2, 0.25) is 10.0 Å². The zero-order valence-electron chi connectivity index (χ0n) is 19.8. The second kappa shape index (κ2) is 11.4. The molecule has 0 amide bonds. The summed E-state index contributed by atoms with van der Waals surface area (Å²) in [6.45, 7) is 1.18. The molecule has 184 valence electrons. The molecular formula is C29H23Cl2N5O. The van der Waals surface area contributed by atoms with E-state index in [-0.39, 0.29) is 6.61 Å². The van der Waals surface area contributed by atoms with Crippen molar-refractivity contribution in [1.29, 1.82) is 0 Å². The van der Waals surface area contributed by atoms with Gasteiger partial charge in [0.15, 0.2) is 17.0 Å². The maximum Gasteiger partial charge on any atom is 0.209 e. The number of nitrogens with zero attached hydrogens (tertiary/aromatic N) is 4. The normalized spacial score (nSPS) is 10.8. The van der Waals surface area contributed by atoms with E-state index in [1.54, 1.807) is 12.4 Å². The van der Waals surface area contributed by atoms with E-state index >= 15 is 0 Å². The first-order chi connectivity index (χ1) is 18.1. The Balaban J connectivity index is 1.47. The number of rotatable bonds is 7. The van der Waals surface area contributed by atoms with Gasteiger partial charge in [-0.2, -0.15) is 0 Å². The van der Waals surface area contributed by atoms with E-state index in [1.807, 2.05) is 65.2 Å². The molecule has 0 spiro atoms. The molecule has 2 aromatic heterocycles. The van der Waals surface area contributed by atoms with Crippen LogP contribution in [0.25, 0.3) is 22.3 Å². The van der Waals surface area contributed by atoms with Crippen molar-refractivity contribution in [2.24, 2.45) is 0 Å². The van der Waals surface area contributed by atoms with Gasteiger partial charge in [0.1, 0.15) is 0 Å². The van der Waals surface area contributed by atoms with Crippen molar-refractivity contribution < 1.29 is 5.11 Å². The second-order valence-electron chi connectivity index (χ2n) is 8.35. The molecule has 37 heavy (non-hydrogen) atoms. The van der Waals surface area contributed by atoms with Crippen LogP contribution in [-0.2, 0) is 13.1 Å². The molecule has 2 heterocycles. The Morgan fingerprint density at radius 1 is 0.892 bits per heavy atom. The van der Waals surface area contributed by atoms with E-state index in [0.29, 0.717) is 57.9 Å². The molecule has 0 radical (unpaired) electrons. The molecule has 0 saturated heterocycles. The molecule has 0 saturated carbocycles. The number of hydrogen-bond donors (Lipinski definition) is 2. The number of aliphatic hydroxyl groups excluding tert-OH is 1. The smallest absolute Gasteiger partial charge is 0.209 e. The van der Waals surface area contributed by atoms with Crippen LogP contribution in [-0.4, -0.2) is 31.2 Å². The number of fused-ring (bicyclic) bond motifs is 1. The van der Waals surface area contributed by atoms with Crippen molar-refractivity contribution in [2.75, 3.05) is 11.9 Å². The summed E-state index contributed by atoms with van der Waals surface area (Å²) in [5.41, 5.74) is 5.08. The summed E-state index contributed by atoms with van der Waals surface area (Å²) >= 11 is 12.7. The van der Waals surface area contributed by atoms with Crippen LogP contribution in [0.5, 0.6) is 0 Å². The molecule has 6 nitrogen and oxygen atoms in total. The topological polar surface area (TPSA) is 75.9 Å². The zero-order chi connectivity index (χ0) is 25.6. The van der Waals surface area contributed by atoms with Gasteiger partial charge in [-0.1, -0.05) is 77.7 Å². The van der Waals surface area contributed by atoms with Gasteiger partial charge in [0.25, 0.3) is 0 Å². The fraction of sp³-hybridized carbons (Fsp3) is 0.138. The van der Waals surface area contributed by atoms with E-state index in [9.17, 15) is 5.11 Å². The number of anilines is 1. The third-order valence-corrected chi connectivity index (χ3v) is 6.43. The second-order valence-corrected chi connectivity index (χ2v) is 9.16. The molecule has 0 aliphatic heterocycles. The number of halogens is 2. The fourth-order valence-electron chi connectivity index (χ4n) is 3.94.